The molecule has 1 heterocycles. The number of hydrogen-bond acceptors (Lipinski definition) is 1. The van der Waals surface area contributed by atoms with Crippen LogP contribution in [0, 0.1) is 13.8 Å². The summed E-state index contributed by atoms with van der Waals surface area (Å²) in [5.41, 5.74) is 4.81. The molecule has 0 aliphatic heterocycles. The highest BCUT2D eigenvalue weighted by Gasteiger charge is 2.18. The van der Waals surface area contributed by atoms with Crippen molar-refractivity contribution in [2.75, 3.05) is 0 Å². The SMILES string of the molecule is Cc1cccc(-c2ccc(C(=O)O)n2C(C)C)c1C. The predicted octanol–water partition coefficient (Wildman–Crippen LogP) is 4.05. The molecule has 0 amide bonds. The molecule has 0 aliphatic carbocycles. The van der Waals surface area contributed by atoms with Crippen molar-refractivity contribution in [2.45, 2.75) is 33.7 Å². The van der Waals surface area contributed by atoms with Crippen LogP contribution >= 0.6 is 0 Å². The van der Waals surface area contributed by atoms with Gasteiger partial charge in [-0.3, -0.25) is 0 Å². The Morgan fingerprint density at radius 2 is 1.84 bits per heavy atom. The van der Waals surface area contributed by atoms with Crippen LogP contribution in [-0.2, 0) is 0 Å². The van der Waals surface area contributed by atoms with E-state index < -0.39 is 5.97 Å². The van der Waals surface area contributed by atoms with E-state index >= 15 is 0 Å². The molecular weight excluding hydrogens is 238 g/mol. The van der Waals surface area contributed by atoms with Crippen molar-refractivity contribution in [3.8, 4) is 11.3 Å². The molecule has 0 fully saturated rings. The lowest BCUT2D eigenvalue weighted by Gasteiger charge is -2.17. The van der Waals surface area contributed by atoms with Crippen molar-refractivity contribution in [3.05, 3.63) is 47.2 Å². The molecule has 1 aromatic carbocycles. The van der Waals surface area contributed by atoms with Gasteiger partial charge in [-0.15, -0.1) is 0 Å². The van der Waals surface area contributed by atoms with Gasteiger partial charge in [-0.05, 0) is 51.0 Å². The summed E-state index contributed by atoms with van der Waals surface area (Å²) in [7, 11) is 0. The molecule has 0 unspecified atom stereocenters. The van der Waals surface area contributed by atoms with E-state index in [1.54, 1.807) is 6.07 Å². The van der Waals surface area contributed by atoms with E-state index in [0.717, 1.165) is 11.3 Å². The molecule has 0 saturated heterocycles. The summed E-state index contributed by atoms with van der Waals surface area (Å²) in [5.74, 6) is -0.884. The van der Waals surface area contributed by atoms with Gasteiger partial charge in [0.25, 0.3) is 0 Å². The Bertz CT molecular complexity index is 624. The predicted molar refractivity (Wildman–Crippen MR) is 76.7 cm³/mol. The summed E-state index contributed by atoms with van der Waals surface area (Å²) >= 11 is 0. The normalized spacial score (nSPS) is 11.0. The fourth-order valence-electron chi connectivity index (χ4n) is 2.43. The molecule has 0 bridgehead atoms. The highest BCUT2D eigenvalue weighted by atomic mass is 16.4. The number of carbonyl (C=O) groups is 1. The largest absolute Gasteiger partial charge is 0.477 e. The molecule has 0 aliphatic rings. The van der Waals surface area contributed by atoms with Crippen molar-refractivity contribution in [1.29, 1.82) is 0 Å². The number of rotatable bonds is 3. The second-order valence-electron chi connectivity index (χ2n) is 5.12. The monoisotopic (exact) mass is 257 g/mol. The third kappa shape index (κ3) is 2.28. The minimum Gasteiger partial charge on any atom is -0.477 e. The summed E-state index contributed by atoms with van der Waals surface area (Å²) in [6.45, 7) is 8.14. The third-order valence-electron chi connectivity index (χ3n) is 3.53. The Hall–Kier alpha value is -2.03. The van der Waals surface area contributed by atoms with Crippen LogP contribution in [0.3, 0.4) is 0 Å². The Morgan fingerprint density at radius 3 is 2.42 bits per heavy atom. The topological polar surface area (TPSA) is 42.2 Å². The van der Waals surface area contributed by atoms with Crippen molar-refractivity contribution in [3.63, 3.8) is 0 Å². The molecule has 2 rings (SSSR count). The van der Waals surface area contributed by atoms with Crippen LogP contribution in [0.25, 0.3) is 11.3 Å². The van der Waals surface area contributed by atoms with Gasteiger partial charge < -0.3 is 9.67 Å². The van der Waals surface area contributed by atoms with Crippen LogP contribution in [0.4, 0.5) is 0 Å². The third-order valence-corrected chi connectivity index (χ3v) is 3.53. The van der Waals surface area contributed by atoms with Crippen molar-refractivity contribution < 1.29 is 9.90 Å². The van der Waals surface area contributed by atoms with Gasteiger partial charge in [-0.1, -0.05) is 18.2 Å². The summed E-state index contributed by atoms with van der Waals surface area (Å²) < 4.78 is 1.88. The second kappa shape index (κ2) is 4.92. The zero-order chi connectivity index (χ0) is 14.2. The van der Waals surface area contributed by atoms with E-state index in [2.05, 4.69) is 19.9 Å². The lowest BCUT2D eigenvalue weighted by molar-refractivity contribution is 0.0683. The van der Waals surface area contributed by atoms with Crippen molar-refractivity contribution >= 4 is 5.97 Å². The highest BCUT2D eigenvalue weighted by molar-refractivity contribution is 5.88. The summed E-state index contributed by atoms with van der Waals surface area (Å²) in [6, 6.07) is 9.80. The second-order valence-corrected chi connectivity index (χ2v) is 5.12. The maximum Gasteiger partial charge on any atom is 0.352 e. The van der Waals surface area contributed by atoms with Crippen LogP contribution in [0.1, 0.15) is 41.5 Å². The molecule has 3 nitrogen and oxygen atoms in total. The Kier molecular flexibility index (Phi) is 3.47. The van der Waals surface area contributed by atoms with E-state index in [4.69, 9.17) is 0 Å². The summed E-state index contributed by atoms with van der Waals surface area (Å²) in [5, 5.41) is 9.28. The number of aromatic nitrogens is 1. The molecule has 1 N–H and O–H groups in total. The minimum atomic E-state index is -0.884. The van der Waals surface area contributed by atoms with Crippen LogP contribution in [-0.4, -0.2) is 15.6 Å². The van der Waals surface area contributed by atoms with E-state index in [9.17, 15) is 9.90 Å². The zero-order valence-electron chi connectivity index (χ0n) is 11.8. The van der Waals surface area contributed by atoms with Crippen LogP contribution in [0.15, 0.2) is 30.3 Å². The first-order valence-corrected chi connectivity index (χ1v) is 6.44. The van der Waals surface area contributed by atoms with E-state index in [1.165, 1.54) is 11.1 Å². The van der Waals surface area contributed by atoms with Gasteiger partial charge >= 0.3 is 5.97 Å². The number of carboxylic acids is 1. The number of nitrogens with zero attached hydrogens (tertiary/aromatic N) is 1. The van der Waals surface area contributed by atoms with Crippen molar-refractivity contribution in [1.82, 2.24) is 4.57 Å². The molecule has 0 atom stereocenters. The molecular formula is C16H19NO2. The van der Waals surface area contributed by atoms with Crippen LogP contribution in [0.2, 0.25) is 0 Å². The molecule has 3 heteroatoms. The standard InChI is InChI=1S/C16H19NO2/c1-10(2)17-14(8-9-15(17)16(18)19)13-7-5-6-11(3)12(13)4/h5-10H,1-4H3,(H,18,19). The van der Waals surface area contributed by atoms with Gasteiger partial charge in [-0.2, -0.15) is 0 Å². The maximum absolute atomic E-state index is 11.3. The highest BCUT2D eigenvalue weighted by Crippen LogP contribution is 2.30. The maximum atomic E-state index is 11.3. The molecule has 2 aromatic rings. The fourth-order valence-corrected chi connectivity index (χ4v) is 2.43. The quantitative estimate of drug-likeness (QED) is 0.901. The zero-order valence-corrected chi connectivity index (χ0v) is 11.8. The Balaban J connectivity index is 2.69. The molecule has 100 valence electrons. The van der Waals surface area contributed by atoms with Crippen LogP contribution in [0.5, 0.6) is 0 Å². The van der Waals surface area contributed by atoms with E-state index in [0.29, 0.717) is 5.69 Å². The average Bonchev–Trinajstić information content (AvgIpc) is 2.77. The van der Waals surface area contributed by atoms with Gasteiger partial charge in [0, 0.05) is 17.3 Å². The molecule has 0 saturated carbocycles. The minimum absolute atomic E-state index is 0.107. The van der Waals surface area contributed by atoms with Gasteiger partial charge in [0.2, 0.25) is 0 Å². The number of carboxylic acid groups (broad SMARTS) is 1. The van der Waals surface area contributed by atoms with Gasteiger partial charge in [-0.25, -0.2) is 4.79 Å². The number of hydrogen-bond donors (Lipinski definition) is 1. The van der Waals surface area contributed by atoms with E-state index in [1.807, 2.05) is 36.6 Å². The first-order chi connectivity index (χ1) is 8.93. The molecule has 0 radical (unpaired) electrons. The average molecular weight is 257 g/mol. The first kappa shape index (κ1) is 13.4. The lowest BCUT2D eigenvalue weighted by Crippen LogP contribution is -2.12. The number of aryl methyl sites for hydroxylation is 1. The Morgan fingerprint density at radius 1 is 1.16 bits per heavy atom. The van der Waals surface area contributed by atoms with Gasteiger partial charge in [0.15, 0.2) is 0 Å². The first-order valence-electron chi connectivity index (χ1n) is 6.44. The smallest absolute Gasteiger partial charge is 0.352 e. The molecule has 0 spiro atoms. The summed E-state index contributed by atoms with van der Waals surface area (Å²) in [4.78, 5) is 11.3. The van der Waals surface area contributed by atoms with Gasteiger partial charge in [0.1, 0.15) is 5.69 Å². The van der Waals surface area contributed by atoms with Gasteiger partial charge in [0.05, 0.1) is 0 Å². The fraction of sp³-hybridized carbons (Fsp3) is 0.312. The van der Waals surface area contributed by atoms with E-state index in [-0.39, 0.29) is 6.04 Å². The number of benzene rings is 1. The summed E-state index contributed by atoms with van der Waals surface area (Å²) in [6.07, 6.45) is 0. The lowest BCUT2D eigenvalue weighted by atomic mass is 10.0. The van der Waals surface area contributed by atoms with Crippen molar-refractivity contribution in [2.24, 2.45) is 0 Å². The molecule has 1 aromatic heterocycles. The van der Waals surface area contributed by atoms with Crippen LogP contribution < -0.4 is 0 Å². The number of aromatic carboxylic acids is 1. The Labute approximate surface area is 113 Å². The molecule has 19 heavy (non-hydrogen) atoms.